The summed E-state index contributed by atoms with van der Waals surface area (Å²) in [5.41, 5.74) is 2.03. The van der Waals surface area contributed by atoms with E-state index in [1.54, 1.807) is 26.8 Å². The molecule has 45 heteroatoms. The molecule has 0 fully saturated rings. The quantitative estimate of drug-likeness (QED) is 0.00742. The number of urea groups is 1. The second-order valence-electron chi connectivity index (χ2n) is 21.5. The number of aryl methyl sites for hydroxylation is 3. The van der Waals surface area contributed by atoms with Crippen molar-refractivity contribution >= 4 is 54.3 Å². The molecule has 4 aromatic carbocycles. The molecule has 0 bridgehead atoms. The van der Waals surface area contributed by atoms with E-state index in [4.69, 9.17) is 29.7 Å². The molecule has 8 rings (SSSR count). The first-order valence-corrected chi connectivity index (χ1v) is 36.6. The van der Waals surface area contributed by atoms with Crippen molar-refractivity contribution < 1.29 is 261 Å². The van der Waals surface area contributed by atoms with Gasteiger partial charge < -0.3 is 48.8 Å². The number of nitrogens with two attached hydrogens (primary N) is 1. The Morgan fingerprint density at radius 3 is 1.26 bits per heavy atom. The number of aromatic nitrogens is 8. The molecule has 2 amide bonds. The average molecular weight is 2510 g/mol. The molecule has 0 saturated heterocycles. The molecule has 0 aliphatic carbocycles. The zero-order valence-electron chi connectivity index (χ0n) is 63.5. The molecular formula is C70H81Ac3BBrF6N11NaO21Os. The predicted molar refractivity (Wildman–Crippen MR) is 392 cm³/mol. The van der Waals surface area contributed by atoms with Crippen LogP contribution < -0.4 is 90.9 Å². The number of amides is 2. The molecular weight excluding hydrogens is 2430 g/mol. The molecule has 0 spiro atoms. The van der Waals surface area contributed by atoms with Crippen molar-refractivity contribution in [2.24, 2.45) is 5.73 Å². The molecule has 0 unspecified atom stereocenters. The van der Waals surface area contributed by atoms with Crippen LogP contribution in [0.3, 0.4) is 0 Å². The van der Waals surface area contributed by atoms with Crippen LogP contribution in [-0.4, -0.2) is 118 Å². The molecule has 6 radical (unpaired) electrons. The number of rotatable bonds is 22. The number of aromatic amines is 1. The minimum atomic E-state index is -6.06. The zero-order valence-corrected chi connectivity index (χ0v) is 83.9. The van der Waals surface area contributed by atoms with Gasteiger partial charge in [0.15, 0.2) is 0 Å². The number of hydrogen-bond donors (Lipinski definition) is 7. The predicted octanol–water partition coefficient (Wildman–Crippen LogP) is 1.74. The number of H-pyrrole nitrogens is 1. The van der Waals surface area contributed by atoms with E-state index in [9.17, 15) is 88.7 Å². The minimum absolute atomic E-state index is 0. The molecule has 0 saturated carbocycles. The first-order valence-electron chi connectivity index (χ1n) is 31.6. The van der Waals surface area contributed by atoms with Gasteiger partial charge in [-0.3, -0.25) is 71.3 Å². The summed E-state index contributed by atoms with van der Waals surface area (Å²) in [6.45, 7) is 19.8. The van der Waals surface area contributed by atoms with E-state index in [1.807, 2.05) is 13.1 Å². The Morgan fingerprint density at radius 2 is 0.930 bits per heavy atom. The van der Waals surface area contributed by atoms with Gasteiger partial charge in [-0.15, -0.1) is 19.7 Å². The fourth-order valence-corrected chi connectivity index (χ4v) is 8.96. The topological polar surface area (TPSA) is 460 Å². The Hall–Kier alpha value is -6.30. The number of halogens is 7. The van der Waals surface area contributed by atoms with Crippen molar-refractivity contribution in [1.29, 1.82) is 0 Å². The number of ketones is 1. The van der Waals surface area contributed by atoms with Crippen molar-refractivity contribution in [3.63, 3.8) is 0 Å². The van der Waals surface area contributed by atoms with E-state index in [2.05, 4.69) is 94.1 Å². The van der Waals surface area contributed by atoms with Crippen LogP contribution in [0.5, 0.6) is 0 Å². The molecule has 8 N–H and O–H groups in total. The Labute approximate surface area is 794 Å². The molecule has 32 nitrogen and oxygen atoms in total. The van der Waals surface area contributed by atoms with E-state index in [0.29, 0.717) is 46.2 Å². The van der Waals surface area contributed by atoms with Crippen LogP contribution in [0, 0.1) is 195 Å². The Balaban J connectivity index is -0.000000303. The number of primary amides is 1. The summed E-state index contributed by atoms with van der Waals surface area (Å²) in [7, 11) is 5.48. The molecule has 4 aromatic heterocycles. The van der Waals surface area contributed by atoms with Gasteiger partial charge in [0, 0.05) is 209 Å². The summed E-state index contributed by atoms with van der Waals surface area (Å²) in [4.78, 5) is 148. The van der Waals surface area contributed by atoms with Gasteiger partial charge in [0.25, 0.3) is 22.2 Å². The number of carbonyl (C=O) groups excluding carboxylic acids is 5. The molecule has 8 aromatic rings. The number of nitrogens with one attached hydrogen (secondary N) is 3. The summed E-state index contributed by atoms with van der Waals surface area (Å²) in [5, 5.41) is 23.9. The van der Waals surface area contributed by atoms with Crippen LogP contribution in [0.2, 0.25) is 0 Å². The maximum atomic E-state index is 13.7. The number of benzene rings is 4. The summed E-state index contributed by atoms with van der Waals surface area (Å²) in [6.07, 6.45) is 6.30. The summed E-state index contributed by atoms with van der Waals surface area (Å²) in [5.74, 6) is -5.22. The molecule has 115 heavy (non-hydrogen) atoms. The average Bonchev–Trinajstić information content (AvgIpc) is 0.797. The Kier molecular flexibility index (Phi) is 68.2. The van der Waals surface area contributed by atoms with E-state index >= 15 is 0 Å². The van der Waals surface area contributed by atoms with E-state index < -0.39 is 109 Å². The monoisotopic (exact) mass is 2510 g/mol. The molecule has 4 heterocycles. The second kappa shape index (κ2) is 65.6. The van der Waals surface area contributed by atoms with Gasteiger partial charge in [-0.1, -0.05) is 66.8 Å². The van der Waals surface area contributed by atoms with Crippen LogP contribution >= 0.6 is 15.9 Å². The molecule has 0 aliphatic rings. The van der Waals surface area contributed by atoms with E-state index in [1.165, 1.54) is 68.8 Å². The first-order chi connectivity index (χ1) is 52.3. The number of nitrogens with zero attached hydrogens (tertiary/aromatic N) is 7. The third kappa shape index (κ3) is 45.5. The maximum absolute atomic E-state index is 13.7. The normalized spacial score (nSPS) is 9.51. The van der Waals surface area contributed by atoms with Gasteiger partial charge in [-0.2, -0.15) is 0 Å². The van der Waals surface area contributed by atoms with Crippen molar-refractivity contribution in [1.82, 2.24) is 47.6 Å². The Bertz CT molecular complexity index is 5010. The first kappa shape index (κ1) is 120. The second-order valence-corrected chi connectivity index (χ2v) is 24.9. The third-order valence-electron chi connectivity index (χ3n) is 13.6. The van der Waals surface area contributed by atoms with Gasteiger partial charge in [-0.05, 0) is 119 Å². The number of carbonyl (C=O) groups is 5. The van der Waals surface area contributed by atoms with Gasteiger partial charge in [0.2, 0.25) is 0 Å². The summed E-state index contributed by atoms with van der Waals surface area (Å²) in [6, 6.07) is 24.0. The fourth-order valence-electron chi connectivity index (χ4n) is 8.53. The number of esters is 1. The number of allylic oxidation sites excluding steroid dienone is 2. The fraction of sp³-hybridized carbons (Fsp3) is 0.271. The third-order valence-corrected chi connectivity index (χ3v) is 14.6. The Morgan fingerprint density at radius 1 is 0.574 bits per heavy atom. The van der Waals surface area contributed by atoms with Crippen molar-refractivity contribution in [3.8, 4) is 0 Å². The number of ether oxygens (including phenoxy) is 1. The van der Waals surface area contributed by atoms with Gasteiger partial charge in [-0.25, -0.2) is 50.3 Å². The van der Waals surface area contributed by atoms with Gasteiger partial charge >= 0.3 is 93.3 Å². The van der Waals surface area contributed by atoms with Crippen LogP contribution in [0.15, 0.2) is 184 Å². The number of aldehydes is 2. The van der Waals surface area contributed by atoms with Crippen molar-refractivity contribution in [2.75, 3.05) is 26.7 Å². The van der Waals surface area contributed by atoms with Gasteiger partial charge in [0.1, 0.15) is 64.2 Å². The summed E-state index contributed by atoms with van der Waals surface area (Å²) < 4.78 is 128. The standard InChI is InChI=1S/C15H14F2N2O2.C14H11BrF2N2O3.C14H12F2N2O3.C9H13N.C8H10N2O2.C6H10O3.C4H8N2O.3Ac.BHO.Na.H2O2.4O.Os/c1-3-7-18-14(20)8-10(2)19(15(18)21)9-11-12(16)5-4-6-13(11)17;1-8-12(15)13(21)18(5-6-20)14(22)19(8)7-9-10(16)3-2-4-11(9)17;1-9-7-13(20)17(5-6-19)14(21)18(9)8-10-11(15)3-2-4-12(10)16;1-10-8-7-9-5-3-2-4-6-9;1-3-4-10-7(11)5-6(2)9-8(10)12;1-3-9-6(8)4-5(2)7;1-2-3-6-4(5)7;;;;1-2;;1-2;;;;;/h3-6,8H,1,7,9H2,2H3;2-4,6H,5,7H2,1H3;2-4,6-7H,5,8H2,1H3;2-6,10H,7-8H2,1H3;3,5H,1,4H2,2H3,(H,9,12);3-4H2,1-2H3;2H,1,3H2,(H3,5,6,7);;;;2H;;1-2H;;;;;/q;;;;;;;;;;-1;+1;;;;;;. The van der Waals surface area contributed by atoms with E-state index in [0.717, 1.165) is 78.3 Å². The van der Waals surface area contributed by atoms with E-state index in [-0.39, 0.29) is 250 Å². The molecule has 612 valence electrons. The zero-order chi connectivity index (χ0) is 85.4. The van der Waals surface area contributed by atoms with Gasteiger partial charge in [0.05, 0.1) is 39.3 Å². The van der Waals surface area contributed by atoms with Crippen LogP contribution in [0.25, 0.3) is 0 Å². The van der Waals surface area contributed by atoms with Crippen LogP contribution in [0.4, 0.5) is 31.1 Å². The SMILES string of the molecule is C=CCNC(N)=O.C=CCn1c(=O)cc(C)[nH]c1=O.C=CCn1c(=O)cc(C)n(Cc2c(F)cccc2F)c1=O.CCOC(=O)CC(C)=O.CNCCc1ccccc1.Cc1c(Br)c(=O)n(CC=O)c(=O)n1Cc1c(F)cccc1F.Cc1cc(=O)n(CC=O)c(=O)n1Cc1c(F)cccc1F.OO.[Ac].[Ac].[Ac].[B-]O.[Na+].[O]=[Os](=[O])(=[O])=[O]. The van der Waals surface area contributed by atoms with Crippen LogP contribution in [-0.2, 0) is 105 Å². The number of likely N-dealkylation sites (N-methyl/N-ethyl adjacent to an activating group) is 1. The number of Topliss-reactive ketones (excluding diaryl/α,β-unsaturated/α-hetero) is 1. The number of hydrogen-bond acceptors (Lipinski definition) is 22. The van der Waals surface area contributed by atoms with Crippen molar-refractivity contribution in [3.05, 3.63) is 309 Å². The molecule has 0 atom stereocenters. The molecule has 0 aliphatic heterocycles. The van der Waals surface area contributed by atoms with Crippen molar-refractivity contribution in [2.45, 2.75) is 100 Å². The van der Waals surface area contributed by atoms with Crippen LogP contribution in [0.1, 0.15) is 65.3 Å². The summed E-state index contributed by atoms with van der Waals surface area (Å²) >= 11 is -3.02.